The summed E-state index contributed by atoms with van der Waals surface area (Å²) in [6.45, 7) is 9.43. The molecule has 0 saturated carbocycles. The second-order valence-corrected chi connectivity index (χ2v) is 9.73. The molecule has 0 aliphatic carbocycles. The van der Waals surface area contributed by atoms with Crippen LogP contribution in [0.25, 0.3) is 0 Å². The molecule has 0 aromatic heterocycles. The Kier molecular flexibility index (Phi) is 8.27. The van der Waals surface area contributed by atoms with Gasteiger partial charge < -0.3 is 9.47 Å². The Balaban J connectivity index is 1.40. The molecule has 0 aromatic rings. The Morgan fingerprint density at radius 1 is 0.735 bits per heavy atom. The van der Waals surface area contributed by atoms with Gasteiger partial charge in [0.1, 0.15) is 0 Å². The Morgan fingerprint density at radius 2 is 1.15 bits per heavy atom. The van der Waals surface area contributed by atoms with Gasteiger partial charge >= 0.3 is 0 Å². The van der Waals surface area contributed by atoms with Crippen molar-refractivity contribution in [1.82, 2.24) is 30.2 Å². The summed E-state index contributed by atoms with van der Waals surface area (Å²) in [5, 5.41) is 4.88. The van der Waals surface area contributed by atoms with Crippen LogP contribution in [0.5, 0.6) is 0 Å². The van der Waals surface area contributed by atoms with Crippen LogP contribution in [0.15, 0.2) is 0 Å². The summed E-state index contributed by atoms with van der Waals surface area (Å²) in [5.74, 6) is -1.30. The molecule has 190 valence electrons. The number of carbonyl (C=O) groups is 4. The lowest BCUT2D eigenvalue weighted by Gasteiger charge is -2.42. The smallest absolute Gasteiger partial charge is 0.243 e. The molecule has 4 heterocycles. The summed E-state index contributed by atoms with van der Waals surface area (Å²) in [4.78, 5) is 57.8. The monoisotopic (exact) mass is 480 g/mol. The number of piperazine rings is 2. The van der Waals surface area contributed by atoms with Gasteiger partial charge in [-0.1, -0.05) is 0 Å². The molecule has 4 saturated heterocycles. The number of carbonyl (C=O) groups excluding carboxylic acids is 4. The Hall–Kier alpha value is -1.96. The number of hydrogen-bond donors (Lipinski definition) is 2. The molecule has 4 amide bonds. The van der Waals surface area contributed by atoms with Crippen LogP contribution in [0.4, 0.5) is 0 Å². The number of hydrogen-bond acceptors (Lipinski definition) is 10. The molecule has 4 unspecified atom stereocenters. The first-order valence-corrected chi connectivity index (χ1v) is 12.1. The molecule has 2 N–H and O–H groups in total. The first-order valence-electron chi connectivity index (χ1n) is 12.1. The molecule has 4 aliphatic rings. The van der Waals surface area contributed by atoms with Gasteiger partial charge in [-0.2, -0.15) is 0 Å². The third-order valence-corrected chi connectivity index (χ3v) is 6.83. The average Bonchev–Trinajstić information content (AvgIpc) is 2.74. The van der Waals surface area contributed by atoms with Crippen molar-refractivity contribution in [2.24, 2.45) is 0 Å². The number of rotatable bonds is 7. The van der Waals surface area contributed by atoms with Crippen molar-refractivity contribution in [3.8, 4) is 0 Å². The summed E-state index contributed by atoms with van der Waals surface area (Å²) in [6, 6.07) is -1.04. The second kappa shape index (κ2) is 11.2. The van der Waals surface area contributed by atoms with Gasteiger partial charge in [0.05, 0.1) is 63.9 Å². The summed E-state index contributed by atoms with van der Waals surface area (Å²) in [7, 11) is 0. The van der Waals surface area contributed by atoms with Crippen LogP contribution >= 0.6 is 0 Å². The molecule has 12 heteroatoms. The summed E-state index contributed by atoms with van der Waals surface area (Å²) < 4.78 is 11.2. The van der Waals surface area contributed by atoms with Gasteiger partial charge in [-0.05, 0) is 26.7 Å². The SMILES string of the molecule is CC1CN(CN2CC(=O)NC(=O)C2CCC2C(=O)NC(=O)CN2CN2CCOC(C)C2)CCO1. The first kappa shape index (κ1) is 25.1. The van der Waals surface area contributed by atoms with Gasteiger partial charge in [0.15, 0.2) is 0 Å². The maximum atomic E-state index is 12.8. The lowest BCUT2D eigenvalue weighted by atomic mass is 10.00. The van der Waals surface area contributed by atoms with Gasteiger partial charge in [0, 0.05) is 26.2 Å². The van der Waals surface area contributed by atoms with Crippen LogP contribution in [0, 0.1) is 0 Å². The minimum atomic E-state index is -0.522. The van der Waals surface area contributed by atoms with Crippen LogP contribution in [-0.2, 0) is 28.7 Å². The third kappa shape index (κ3) is 6.37. The van der Waals surface area contributed by atoms with E-state index in [9.17, 15) is 19.2 Å². The van der Waals surface area contributed by atoms with Crippen LogP contribution in [0.2, 0.25) is 0 Å². The normalized spacial score (nSPS) is 33.1. The maximum Gasteiger partial charge on any atom is 0.243 e. The molecule has 0 bridgehead atoms. The molecule has 12 nitrogen and oxygen atoms in total. The lowest BCUT2D eigenvalue weighted by molar-refractivity contribution is -0.146. The summed E-state index contributed by atoms with van der Waals surface area (Å²) >= 11 is 0. The number of ether oxygens (including phenoxy) is 2. The molecule has 0 spiro atoms. The van der Waals surface area contributed by atoms with Crippen LogP contribution in [0.1, 0.15) is 26.7 Å². The largest absolute Gasteiger partial charge is 0.376 e. The molecular weight excluding hydrogens is 444 g/mol. The van der Waals surface area contributed by atoms with Gasteiger partial charge in [0.25, 0.3) is 0 Å². The van der Waals surface area contributed by atoms with Crippen molar-refractivity contribution in [2.75, 3.05) is 65.8 Å². The maximum absolute atomic E-state index is 12.8. The zero-order valence-electron chi connectivity index (χ0n) is 20.0. The van der Waals surface area contributed by atoms with Crippen molar-refractivity contribution >= 4 is 23.6 Å². The van der Waals surface area contributed by atoms with E-state index in [1.807, 2.05) is 23.6 Å². The van der Waals surface area contributed by atoms with E-state index in [1.54, 1.807) is 0 Å². The highest BCUT2D eigenvalue weighted by Crippen LogP contribution is 2.20. The fraction of sp³-hybridized carbons (Fsp3) is 0.818. The minimum absolute atomic E-state index is 0.0986. The van der Waals surface area contributed by atoms with Crippen molar-refractivity contribution in [2.45, 2.75) is 51.0 Å². The van der Waals surface area contributed by atoms with Gasteiger partial charge in [-0.25, -0.2) is 0 Å². The predicted molar refractivity (Wildman–Crippen MR) is 120 cm³/mol. The highest BCUT2D eigenvalue weighted by Gasteiger charge is 2.39. The standard InChI is InChI=1S/C22H36N6O6/c1-15-9-25(5-7-33-15)13-27-11-19(29)23-21(31)17(27)3-4-18-22(32)24-20(30)12-28(18)14-26-6-8-34-16(2)10-26/h15-18H,3-14H2,1-2H3,(H,23,29,31)(H,24,30,32). The topological polar surface area (TPSA) is 124 Å². The average molecular weight is 481 g/mol. The Bertz CT molecular complexity index is 732. The fourth-order valence-electron chi connectivity index (χ4n) is 5.23. The number of imide groups is 2. The molecule has 4 fully saturated rings. The highest BCUT2D eigenvalue weighted by molar-refractivity contribution is 6.02. The van der Waals surface area contributed by atoms with E-state index < -0.39 is 12.1 Å². The Morgan fingerprint density at radius 3 is 1.53 bits per heavy atom. The molecule has 0 aromatic carbocycles. The van der Waals surface area contributed by atoms with Crippen molar-refractivity contribution in [3.63, 3.8) is 0 Å². The van der Waals surface area contributed by atoms with Gasteiger partial charge in [0.2, 0.25) is 23.6 Å². The first-order chi connectivity index (χ1) is 16.3. The fourth-order valence-corrected chi connectivity index (χ4v) is 5.23. The van der Waals surface area contributed by atoms with E-state index in [1.165, 1.54) is 0 Å². The Labute approximate surface area is 199 Å². The van der Waals surface area contributed by atoms with Gasteiger partial charge in [-0.15, -0.1) is 0 Å². The van der Waals surface area contributed by atoms with E-state index in [0.29, 0.717) is 39.4 Å². The third-order valence-electron chi connectivity index (χ3n) is 6.83. The highest BCUT2D eigenvalue weighted by atomic mass is 16.5. The van der Waals surface area contributed by atoms with E-state index >= 15 is 0 Å². The summed E-state index contributed by atoms with van der Waals surface area (Å²) in [6.07, 6.45) is 1.01. The van der Waals surface area contributed by atoms with Crippen LogP contribution in [-0.4, -0.2) is 133 Å². The molecule has 4 atom stereocenters. The van der Waals surface area contributed by atoms with E-state index in [0.717, 1.165) is 26.2 Å². The zero-order chi connectivity index (χ0) is 24.2. The van der Waals surface area contributed by atoms with E-state index in [2.05, 4.69) is 20.4 Å². The molecule has 0 radical (unpaired) electrons. The zero-order valence-corrected chi connectivity index (χ0v) is 20.0. The number of amides is 4. The van der Waals surface area contributed by atoms with Gasteiger partial charge in [-0.3, -0.25) is 49.4 Å². The second-order valence-electron chi connectivity index (χ2n) is 9.73. The number of nitrogens with one attached hydrogen (secondary N) is 2. The number of morpholine rings is 2. The number of nitrogens with zero attached hydrogens (tertiary/aromatic N) is 4. The van der Waals surface area contributed by atoms with Crippen LogP contribution in [0.3, 0.4) is 0 Å². The molecule has 4 rings (SSSR count). The van der Waals surface area contributed by atoms with Crippen molar-refractivity contribution in [1.29, 1.82) is 0 Å². The predicted octanol–water partition coefficient (Wildman–Crippen LogP) is -2.22. The minimum Gasteiger partial charge on any atom is -0.376 e. The lowest BCUT2D eigenvalue weighted by Crippen LogP contribution is -2.63. The van der Waals surface area contributed by atoms with Crippen molar-refractivity contribution < 1.29 is 28.7 Å². The summed E-state index contributed by atoms with van der Waals surface area (Å²) in [5.41, 5.74) is 0. The van der Waals surface area contributed by atoms with E-state index in [-0.39, 0.29) is 48.9 Å². The van der Waals surface area contributed by atoms with E-state index in [4.69, 9.17) is 9.47 Å². The van der Waals surface area contributed by atoms with Crippen LogP contribution < -0.4 is 10.6 Å². The molecular formula is C22H36N6O6. The molecule has 34 heavy (non-hydrogen) atoms. The molecule has 4 aliphatic heterocycles. The van der Waals surface area contributed by atoms with Crippen molar-refractivity contribution in [3.05, 3.63) is 0 Å². The quantitative estimate of drug-likeness (QED) is 0.387.